The van der Waals surface area contributed by atoms with E-state index in [1.807, 2.05) is 54.1 Å². The van der Waals surface area contributed by atoms with Crippen LogP contribution < -0.4 is 5.32 Å². The Hall–Kier alpha value is -3.45. The Kier molecular flexibility index (Phi) is 5.96. The smallest absolute Gasteiger partial charge is 0.255 e. The van der Waals surface area contributed by atoms with Crippen molar-refractivity contribution in [2.45, 2.75) is 11.6 Å². The van der Waals surface area contributed by atoms with E-state index in [1.54, 1.807) is 28.0 Å². The highest BCUT2D eigenvalue weighted by Crippen LogP contribution is 2.31. The number of nitriles is 1. The zero-order valence-electron chi connectivity index (χ0n) is 17.4. The summed E-state index contributed by atoms with van der Waals surface area (Å²) in [7, 11) is 0. The summed E-state index contributed by atoms with van der Waals surface area (Å²) in [6.45, 7) is 0.465. The van der Waals surface area contributed by atoms with Gasteiger partial charge in [-0.2, -0.15) is 14.8 Å². The SMILES string of the molecule is CSc1nc2nc(NCc3csc(-c4ccccc4)n3)nn2c(-c2cccc(Cl)c2)c1C#N. The third-order valence-corrected chi connectivity index (χ3v) is 6.71. The maximum atomic E-state index is 9.86. The number of rotatable bonds is 6. The Balaban J connectivity index is 1.49. The molecule has 1 N–H and O–H groups in total. The second-order valence-corrected chi connectivity index (χ2v) is 9.07. The fourth-order valence-corrected chi connectivity index (χ4v) is 4.91. The summed E-state index contributed by atoms with van der Waals surface area (Å²) in [4.78, 5) is 13.8. The molecule has 2 aromatic carbocycles. The van der Waals surface area contributed by atoms with Crippen LogP contribution in [0.5, 0.6) is 0 Å². The number of hydrogen-bond donors (Lipinski definition) is 1. The van der Waals surface area contributed by atoms with Crippen molar-refractivity contribution in [3.63, 3.8) is 0 Å². The van der Waals surface area contributed by atoms with Crippen molar-refractivity contribution in [1.29, 1.82) is 5.26 Å². The number of aromatic nitrogens is 5. The second-order valence-electron chi connectivity index (χ2n) is 6.98. The minimum atomic E-state index is 0.402. The van der Waals surface area contributed by atoms with E-state index < -0.39 is 0 Å². The van der Waals surface area contributed by atoms with Gasteiger partial charge in [-0.15, -0.1) is 28.2 Å². The predicted molar refractivity (Wildman–Crippen MR) is 133 cm³/mol. The van der Waals surface area contributed by atoms with E-state index in [-0.39, 0.29) is 0 Å². The molecular weight excluding hydrogens is 474 g/mol. The molecule has 0 amide bonds. The van der Waals surface area contributed by atoms with Gasteiger partial charge in [0.25, 0.3) is 5.78 Å². The molecule has 10 heteroatoms. The first kappa shape index (κ1) is 21.4. The highest BCUT2D eigenvalue weighted by atomic mass is 35.5. The van der Waals surface area contributed by atoms with Gasteiger partial charge in [0.15, 0.2) is 0 Å². The summed E-state index contributed by atoms with van der Waals surface area (Å²) >= 11 is 9.20. The molecule has 0 aliphatic heterocycles. The van der Waals surface area contributed by atoms with Gasteiger partial charge in [-0.25, -0.2) is 9.97 Å². The van der Waals surface area contributed by atoms with E-state index in [9.17, 15) is 5.26 Å². The van der Waals surface area contributed by atoms with Crippen molar-refractivity contribution in [3.05, 3.63) is 76.3 Å². The number of thiazole rings is 1. The number of nitrogens with zero attached hydrogens (tertiary/aromatic N) is 6. The summed E-state index contributed by atoms with van der Waals surface area (Å²) < 4.78 is 1.59. The molecule has 0 fully saturated rings. The van der Waals surface area contributed by atoms with E-state index in [0.717, 1.165) is 21.8 Å². The normalized spacial score (nSPS) is 10.9. The number of hydrogen-bond acceptors (Lipinski definition) is 8. The van der Waals surface area contributed by atoms with Crippen LogP contribution in [0.2, 0.25) is 5.02 Å². The third kappa shape index (κ3) is 4.28. The third-order valence-electron chi connectivity index (χ3n) is 4.86. The van der Waals surface area contributed by atoms with E-state index >= 15 is 0 Å². The minimum Gasteiger partial charge on any atom is -0.347 e. The first-order valence-corrected chi connectivity index (χ1v) is 12.4. The number of nitrogens with one attached hydrogen (secondary N) is 1. The van der Waals surface area contributed by atoms with Crippen molar-refractivity contribution < 1.29 is 0 Å². The Morgan fingerprint density at radius 1 is 1.09 bits per heavy atom. The summed E-state index contributed by atoms with van der Waals surface area (Å²) in [5.74, 6) is 0.807. The molecule has 0 atom stereocenters. The molecule has 0 aliphatic rings. The summed E-state index contributed by atoms with van der Waals surface area (Å²) in [5.41, 5.74) is 3.78. The predicted octanol–water partition coefficient (Wildman–Crippen LogP) is 5.77. The number of fused-ring (bicyclic) bond motifs is 1. The van der Waals surface area contributed by atoms with Crippen LogP contribution in [-0.4, -0.2) is 30.8 Å². The molecule has 0 bridgehead atoms. The molecule has 0 spiro atoms. The monoisotopic (exact) mass is 489 g/mol. The lowest BCUT2D eigenvalue weighted by molar-refractivity contribution is 0.910. The fourth-order valence-electron chi connectivity index (χ4n) is 3.38. The largest absolute Gasteiger partial charge is 0.347 e. The maximum Gasteiger partial charge on any atom is 0.255 e. The zero-order chi connectivity index (χ0) is 22.8. The van der Waals surface area contributed by atoms with Crippen molar-refractivity contribution in [2.24, 2.45) is 0 Å². The van der Waals surface area contributed by atoms with Gasteiger partial charge in [-0.1, -0.05) is 54.1 Å². The molecule has 162 valence electrons. The lowest BCUT2D eigenvalue weighted by atomic mass is 10.1. The lowest BCUT2D eigenvalue weighted by Crippen LogP contribution is -2.04. The molecule has 0 radical (unpaired) electrons. The highest BCUT2D eigenvalue weighted by Gasteiger charge is 2.20. The van der Waals surface area contributed by atoms with E-state index in [0.29, 0.717) is 39.6 Å². The van der Waals surface area contributed by atoms with Crippen LogP contribution in [0.4, 0.5) is 5.95 Å². The average Bonchev–Trinajstić information content (AvgIpc) is 3.48. The molecule has 0 unspecified atom stereocenters. The Labute approximate surface area is 203 Å². The van der Waals surface area contributed by atoms with Crippen LogP contribution in [0, 0.1) is 11.3 Å². The second kappa shape index (κ2) is 9.19. The molecule has 3 aromatic heterocycles. The van der Waals surface area contributed by atoms with Crippen LogP contribution >= 0.6 is 34.7 Å². The van der Waals surface area contributed by atoms with Gasteiger partial charge in [0.05, 0.1) is 17.9 Å². The van der Waals surface area contributed by atoms with E-state index in [2.05, 4.69) is 26.5 Å². The molecule has 7 nitrogen and oxygen atoms in total. The van der Waals surface area contributed by atoms with Crippen molar-refractivity contribution >= 4 is 46.4 Å². The summed E-state index contributed by atoms with van der Waals surface area (Å²) in [5, 5.41) is 21.8. The highest BCUT2D eigenvalue weighted by molar-refractivity contribution is 7.98. The number of thioether (sulfide) groups is 1. The van der Waals surface area contributed by atoms with Gasteiger partial charge < -0.3 is 5.32 Å². The molecular formula is C23H16ClN7S2. The Bertz CT molecular complexity index is 1490. The molecule has 0 aliphatic carbocycles. The number of anilines is 1. The molecule has 5 rings (SSSR count). The number of benzene rings is 2. The van der Waals surface area contributed by atoms with E-state index in [1.165, 1.54) is 11.8 Å². The zero-order valence-corrected chi connectivity index (χ0v) is 19.7. The Morgan fingerprint density at radius 2 is 1.91 bits per heavy atom. The van der Waals surface area contributed by atoms with Crippen LogP contribution in [0.3, 0.4) is 0 Å². The summed E-state index contributed by atoms with van der Waals surface area (Å²) in [6.07, 6.45) is 1.88. The molecule has 0 saturated heterocycles. The molecule has 33 heavy (non-hydrogen) atoms. The first-order valence-electron chi connectivity index (χ1n) is 9.91. The quantitative estimate of drug-likeness (QED) is 0.239. The van der Waals surface area contributed by atoms with Gasteiger partial charge in [-0.3, -0.25) is 0 Å². The van der Waals surface area contributed by atoms with Gasteiger partial charge in [0.1, 0.15) is 21.7 Å². The maximum absolute atomic E-state index is 9.86. The van der Waals surface area contributed by atoms with Gasteiger partial charge >= 0.3 is 0 Å². The van der Waals surface area contributed by atoms with Crippen LogP contribution in [-0.2, 0) is 6.54 Å². The Morgan fingerprint density at radius 3 is 2.67 bits per heavy atom. The van der Waals surface area contributed by atoms with Crippen molar-refractivity contribution in [3.8, 4) is 27.9 Å². The average molecular weight is 490 g/mol. The van der Waals surface area contributed by atoms with Crippen LogP contribution in [0.25, 0.3) is 27.6 Å². The minimum absolute atomic E-state index is 0.402. The molecule has 5 aromatic rings. The summed E-state index contributed by atoms with van der Waals surface area (Å²) in [6, 6.07) is 19.7. The van der Waals surface area contributed by atoms with Crippen molar-refractivity contribution in [1.82, 2.24) is 24.6 Å². The van der Waals surface area contributed by atoms with Gasteiger partial charge in [0.2, 0.25) is 5.95 Å². The molecule has 3 heterocycles. The molecule has 0 saturated carbocycles. The van der Waals surface area contributed by atoms with Gasteiger partial charge in [0, 0.05) is 21.5 Å². The first-order chi connectivity index (χ1) is 16.2. The topological polar surface area (TPSA) is 91.8 Å². The van der Waals surface area contributed by atoms with Crippen LogP contribution in [0.1, 0.15) is 11.3 Å². The van der Waals surface area contributed by atoms with Gasteiger partial charge in [-0.05, 0) is 18.4 Å². The lowest BCUT2D eigenvalue weighted by Gasteiger charge is -2.09. The standard InChI is InChI=1S/C23H16ClN7S2/c1-32-21-18(11-25)19(15-8-5-9-16(24)10-15)31-23(28-21)29-22(30-31)26-12-17-13-33-20(27-17)14-6-3-2-4-7-14/h2-10,13H,12H2,1H3,(H,26,30). The van der Waals surface area contributed by atoms with Crippen molar-refractivity contribution in [2.75, 3.05) is 11.6 Å². The van der Waals surface area contributed by atoms with Crippen LogP contribution in [0.15, 0.2) is 65.0 Å². The van der Waals surface area contributed by atoms with E-state index in [4.69, 9.17) is 16.6 Å². The number of halogens is 1. The fraction of sp³-hybridized carbons (Fsp3) is 0.0870.